The van der Waals surface area contributed by atoms with E-state index in [0.717, 1.165) is 30.9 Å². The lowest BCUT2D eigenvalue weighted by Crippen LogP contribution is -2.32. The van der Waals surface area contributed by atoms with Crippen LogP contribution in [0.15, 0.2) is 24.5 Å². The predicted molar refractivity (Wildman–Crippen MR) is 98.9 cm³/mol. The summed E-state index contributed by atoms with van der Waals surface area (Å²) in [7, 11) is 4.72. The zero-order chi connectivity index (χ0) is 18.5. The second-order valence-electron chi connectivity index (χ2n) is 5.97. The first-order valence-electron chi connectivity index (χ1n) is 8.46. The quantitative estimate of drug-likeness (QED) is 0.777. The molecule has 1 atom stereocenters. The van der Waals surface area contributed by atoms with Gasteiger partial charge in [0.05, 0.1) is 34.0 Å². The van der Waals surface area contributed by atoms with Gasteiger partial charge in [0, 0.05) is 30.4 Å². The number of rotatable bonds is 7. The molecule has 0 bridgehead atoms. The van der Waals surface area contributed by atoms with Gasteiger partial charge >= 0.3 is 0 Å². The molecule has 2 aromatic rings. The van der Waals surface area contributed by atoms with Gasteiger partial charge < -0.3 is 29.5 Å². The fraction of sp³-hybridized carbons (Fsp3) is 0.444. The third-order valence-corrected chi connectivity index (χ3v) is 4.47. The smallest absolute Gasteiger partial charge is 0.203 e. The highest BCUT2D eigenvalue weighted by molar-refractivity contribution is 5.67. The third-order valence-electron chi connectivity index (χ3n) is 4.47. The van der Waals surface area contributed by atoms with Gasteiger partial charge in [-0.25, -0.2) is 9.97 Å². The fourth-order valence-electron chi connectivity index (χ4n) is 3.20. The van der Waals surface area contributed by atoms with Crippen LogP contribution >= 0.6 is 0 Å². The van der Waals surface area contributed by atoms with E-state index in [0.29, 0.717) is 23.1 Å². The number of ether oxygens (including phenoxy) is 3. The Morgan fingerprint density at radius 2 is 1.85 bits per heavy atom. The molecule has 2 N–H and O–H groups in total. The van der Waals surface area contributed by atoms with E-state index in [2.05, 4.69) is 20.2 Å². The van der Waals surface area contributed by atoms with Gasteiger partial charge in [-0.3, -0.25) is 0 Å². The van der Waals surface area contributed by atoms with E-state index in [4.69, 9.17) is 14.2 Å². The number of nitrogens with one attached hydrogen (secondary N) is 1. The standard InChI is InChI=1S/C18H24N4O4/c1-24-14-7-12(8-15(25-2)18(14)26-3)21-16-9-17(20-11-19-16)22-6-4-5-13(22)10-23/h7-9,11,13,23H,4-6,10H2,1-3H3,(H,19,20,21). The van der Waals surface area contributed by atoms with Crippen molar-refractivity contribution >= 4 is 17.3 Å². The van der Waals surface area contributed by atoms with E-state index in [1.54, 1.807) is 21.3 Å². The number of aliphatic hydroxyl groups is 1. The SMILES string of the molecule is COc1cc(Nc2cc(N3CCCC3CO)ncn2)cc(OC)c1OC. The maximum Gasteiger partial charge on any atom is 0.203 e. The second-order valence-corrected chi connectivity index (χ2v) is 5.97. The topological polar surface area (TPSA) is 89.0 Å². The first-order chi connectivity index (χ1) is 12.7. The van der Waals surface area contributed by atoms with E-state index in [9.17, 15) is 5.11 Å². The average Bonchev–Trinajstić information content (AvgIpc) is 3.16. The predicted octanol–water partition coefficient (Wildman–Crippen LogP) is 2.21. The number of aliphatic hydroxyl groups excluding tert-OH is 1. The Morgan fingerprint density at radius 3 is 2.46 bits per heavy atom. The van der Waals surface area contributed by atoms with Crippen molar-refractivity contribution < 1.29 is 19.3 Å². The molecule has 1 aliphatic rings. The molecule has 1 aromatic carbocycles. The molecule has 1 aromatic heterocycles. The summed E-state index contributed by atoms with van der Waals surface area (Å²) in [6.07, 6.45) is 3.53. The van der Waals surface area contributed by atoms with Crippen molar-refractivity contribution in [3.63, 3.8) is 0 Å². The van der Waals surface area contributed by atoms with Gasteiger partial charge in [-0.1, -0.05) is 0 Å². The van der Waals surface area contributed by atoms with Crippen LogP contribution in [-0.4, -0.2) is 55.6 Å². The Balaban J connectivity index is 1.86. The molecule has 1 aliphatic heterocycles. The highest BCUT2D eigenvalue weighted by atomic mass is 16.5. The number of hydrogen-bond acceptors (Lipinski definition) is 8. The lowest BCUT2D eigenvalue weighted by Gasteiger charge is -2.24. The zero-order valence-electron chi connectivity index (χ0n) is 15.2. The van der Waals surface area contributed by atoms with Gasteiger partial charge in [0.1, 0.15) is 18.0 Å². The lowest BCUT2D eigenvalue weighted by atomic mass is 10.2. The van der Waals surface area contributed by atoms with Crippen LogP contribution in [0.4, 0.5) is 17.3 Å². The number of methoxy groups -OCH3 is 3. The van der Waals surface area contributed by atoms with E-state index < -0.39 is 0 Å². The summed E-state index contributed by atoms with van der Waals surface area (Å²) in [5.41, 5.74) is 0.754. The number of nitrogens with zero attached hydrogens (tertiary/aromatic N) is 3. The van der Waals surface area contributed by atoms with Crippen LogP contribution in [0, 0.1) is 0 Å². The van der Waals surface area contributed by atoms with Crippen LogP contribution in [0.1, 0.15) is 12.8 Å². The summed E-state index contributed by atoms with van der Waals surface area (Å²) in [6.45, 7) is 1.01. The molecule has 140 valence electrons. The molecular weight excluding hydrogens is 336 g/mol. The maximum atomic E-state index is 9.53. The molecule has 26 heavy (non-hydrogen) atoms. The fourth-order valence-corrected chi connectivity index (χ4v) is 3.20. The molecule has 1 unspecified atom stereocenters. The van der Waals surface area contributed by atoms with Crippen LogP contribution < -0.4 is 24.4 Å². The highest BCUT2D eigenvalue weighted by Crippen LogP contribution is 2.40. The van der Waals surface area contributed by atoms with E-state index >= 15 is 0 Å². The first kappa shape index (κ1) is 18.1. The monoisotopic (exact) mass is 360 g/mol. The molecule has 0 aliphatic carbocycles. The third kappa shape index (κ3) is 3.60. The molecule has 1 saturated heterocycles. The highest BCUT2D eigenvalue weighted by Gasteiger charge is 2.25. The molecule has 8 nitrogen and oxygen atoms in total. The molecule has 0 amide bonds. The number of aromatic nitrogens is 2. The van der Waals surface area contributed by atoms with Crippen molar-refractivity contribution in [1.82, 2.24) is 9.97 Å². The van der Waals surface area contributed by atoms with E-state index in [1.807, 2.05) is 18.2 Å². The summed E-state index contributed by atoms with van der Waals surface area (Å²) in [5, 5.41) is 12.8. The Kier molecular flexibility index (Phi) is 5.62. The Hall–Kier alpha value is -2.74. The zero-order valence-corrected chi connectivity index (χ0v) is 15.2. The van der Waals surface area contributed by atoms with Gasteiger partial charge in [0.15, 0.2) is 11.5 Å². The van der Waals surface area contributed by atoms with Gasteiger partial charge in [0.25, 0.3) is 0 Å². The van der Waals surface area contributed by atoms with Crippen LogP contribution in [0.5, 0.6) is 17.2 Å². The van der Waals surface area contributed by atoms with Crippen molar-refractivity contribution in [3.8, 4) is 17.2 Å². The van der Waals surface area contributed by atoms with Gasteiger partial charge in [0.2, 0.25) is 5.75 Å². The van der Waals surface area contributed by atoms with Gasteiger partial charge in [-0.05, 0) is 12.8 Å². The number of benzene rings is 1. The van der Waals surface area contributed by atoms with Crippen molar-refractivity contribution in [3.05, 3.63) is 24.5 Å². The van der Waals surface area contributed by atoms with Crippen molar-refractivity contribution in [2.75, 3.05) is 44.7 Å². The van der Waals surface area contributed by atoms with Crippen molar-refractivity contribution in [2.45, 2.75) is 18.9 Å². The molecule has 0 spiro atoms. The number of anilines is 3. The average molecular weight is 360 g/mol. The molecular formula is C18H24N4O4. The summed E-state index contributed by atoms with van der Waals surface area (Å²) in [4.78, 5) is 10.7. The van der Waals surface area contributed by atoms with Gasteiger partial charge in [-0.2, -0.15) is 0 Å². The molecule has 0 saturated carbocycles. The summed E-state index contributed by atoms with van der Waals surface area (Å²) >= 11 is 0. The normalized spacial score (nSPS) is 16.5. The van der Waals surface area contributed by atoms with E-state index in [1.165, 1.54) is 6.33 Å². The molecule has 1 fully saturated rings. The van der Waals surface area contributed by atoms with Crippen LogP contribution in [-0.2, 0) is 0 Å². The van der Waals surface area contributed by atoms with Crippen LogP contribution in [0.3, 0.4) is 0 Å². The maximum absolute atomic E-state index is 9.53. The molecule has 2 heterocycles. The summed E-state index contributed by atoms with van der Waals surface area (Å²) in [6, 6.07) is 5.61. The van der Waals surface area contributed by atoms with Gasteiger partial charge in [-0.15, -0.1) is 0 Å². The molecule has 8 heteroatoms. The Morgan fingerprint density at radius 1 is 1.12 bits per heavy atom. The first-order valence-corrected chi connectivity index (χ1v) is 8.46. The Bertz CT molecular complexity index is 731. The van der Waals surface area contributed by atoms with Crippen molar-refractivity contribution in [1.29, 1.82) is 0 Å². The van der Waals surface area contributed by atoms with Crippen molar-refractivity contribution in [2.24, 2.45) is 0 Å². The minimum atomic E-state index is 0.110. The van der Waals surface area contributed by atoms with Crippen LogP contribution in [0.25, 0.3) is 0 Å². The summed E-state index contributed by atoms with van der Waals surface area (Å²) in [5.74, 6) is 3.10. The minimum Gasteiger partial charge on any atom is -0.493 e. The number of hydrogen-bond donors (Lipinski definition) is 2. The molecule has 0 radical (unpaired) electrons. The molecule has 3 rings (SSSR count). The summed E-state index contributed by atoms with van der Waals surface area (Å²) < 4.78 is 16.1. The minimum absolute atomic E-state index is 0.110. The largest absolute Gasteiger partial charge is 0.493 e. The van der Waals surface area contributed by atoms with Crippen LogP contribution in [0.2, 0.25) is 0 Å². The lowest BCUT2D eigenvalue weighted by molar-refractivity contribution is 0.266. The van der Waals surface area contributed by atoms with E-state index in [-0.39, 0.29) is 12.6 Å². The Labute approximate surface area is 152 Å². The second kappa shape index (κ2) is 8.09.